The second-order valence-electron chi connectivity index (χ2n) is 8.69. The lowest BCUT2D eigenvalue weighted by Crippen LogP contribution is -2.50. The molecule has 0 aliphatic heterocycles. The Balaban J connectivity index is 2.00. The average molecular weight is 603 g/mol. The Morgan fingerprint density at radius 3 is 2.13 bits per heavy atom. The van der Waals surface area contributed by atoms with E-state index in [0.717, 1.165) is 19.9 Å². The van der Waals surface area contributed by atoms with Crippen LogP contribution in [0.3, 0.4) is 0 Å². The predicted octanol–water partition coefficient (Wildman–Crippen LogP) is 4.51. The van der Waals surface area contributed by atoms with Gasteiger partial charge in [-0.25, -0.2) is 8.42 Å². The lowest BCUT2D eigenvalue weighted by atomic mass is 10.1. The van der Waals surface area contributed by atoms with E-state index in [-0.39, 0.29) is 17.3 Å². The maximum atomic E-state index is 13.8. The van der Waals surface area contributed by atoms with Crippen LogP contribution in [0.5, 0.6) is 5.75 Å². The summed E-state index contributed by atoms with van der Waals surface area (Å²) in [5.74, 6) is -0.324. The fourth-order valence-electron chi connectivity index (χ4n) is 3.82. The molecule has 8 nitrogen and oxygen atoms in total. The quantitative estimate of drug-likeness (QED) is 0.349. The number of carbonyl (C=O) groups is 2. The summed E-state index contributed by atoms with van der Waals surface area (Å²) in [6, 6.07) is 19.5. The lowest BCUT2D eigenvalue weighted by Gasteiger charge is -2.31. The maximum absolute atomic E-state index is 13.8. The highest BCUT2D eigenvalue weighted by atomic mass is 79.9. The van der Waals surface area contributed by atoms with Gasteiger partial charge in [0, 0.05) is 18.1 Å². The first-order chi connectivity index (χ1) is 18.1. The molecule has 202 valence electrons. The molecular weight excluding hydrogens is 570 g/mol. The van der Waals surface area contributed by atoms with Crippen LogP contribution < -0.4 is 14.4 Å². The number of halogens is 1. The number of aryl methyl sites for hydroxylation is 1. The number of anilines is 1. The first-order valence-electron chi connectivity index (χ1n) is 12.1. The molecule has 3 rings (SSSR count). The maximum Gasteiger partial charge on any atom is 0.264 e. The van der Waals surface area contributed by atoms with Crippen molar-refractivity contribution in [2.75, 3.05) is 24.5 Å². The number of nitrogens with one attached hydrogen (secondary N) is 1. The third kappa shape index (κ3) is 7.14. The van der Waals surface area contributed by atoms with Crippen LogP contribution in [0.2, 0.25) is 0 Å². The summed E-state index contributed by atoms with van der Waals surface area (Å²) in [4.78, 5) is 27.7. The third-order valence-electron chi connectivity index (χ3n) is 6.00. The summed E-state index contributed by atoms with van der Waals surface area (Å²) in [6.45, 7) is 5.45. The Kier molecular flexibility index (Phi) is 9.93. The van der Waals surface area contributed by atoms with Crippen LogP contribution in [0.1, 0.15) is 25.0 Å². The molecule has 0 aliphatic rings. The van der Waals surface area contributed by atoms with E-state index in [1.165, 1.54) is 24.1 Å². The van der Waals surface area contributed by atoms with Crippen LogP contribution in [0.15, 0.2) is 82.2 Å². The van der Waals surface area contributed by atoms with Gasteiger partial charge in [0.05, 0.1) is 17.2 Å². The molecule has 0 unspecified atom stereocenters. The Morgan fingerprint density at radius 1 is 0.974 bits per heavy atom. The monoisotopic (exact) mass is 601 g/mol. The van der Waals surface area contributed by atoms with Crippen molar-refractivity contribution in [1.82, 2.24) is 10.2 Å². The van der Waals surface area contributed by atoms with Gasteiger partial charge in [0.25, 0.3) is 10.0 Å². The number of nitrogens with zero attached hydrogens (tertiary/aromatic N) is 2. The number of hydrogen-bond acceptors (Lipinski definition) is 5. The summed E-state index contributed by atoms with van der Waals surface area (Å²) in [6.07, 6.45) is 0. The molecule has 0 saturated carbocycles. The lowest BCUT2D eigenvalue weighted by molar-refractivity contribution is -0.139. The van der Waals surface area contributed by atoms with Crippen molar-refractivity contribution in [2.45, 2.75) is 38.3 Å². The van der Waals surface area contributed by atoms with Crippen LogP contribution >= 0.6 is 15.9 Å². The molecule has 3 aromatic rings. The van der Waals surface area contributed by atoms with Crippen molar-refractivity contribution in [1.29, 1.82) is 0 Å². The van der Waals surface area contributed by atoms with E-state index in [4.69, 9.17) is 4.74 Å². The number of sulfonamides is 1. The number of ether oxygens (including phenoxy) is 1. The standard InChI is InChI=1S/C28H32BrN3O5S/c1-5-37-25-14-16-26(17-15-25)38(35,36)32(24-12-6-20(2)7-13-24)19-27(33)31(21(3)28(34)30-4)18-22-8-10-23(29)11-9-22/h6-17,21H,5,18-19H2,1-4H3,(H,30,34)/t21-/m0/s1. The number of amides is 2. The zero-order valence-electron chi connectivity index (χ0n) is 21.8. The van der Waals surface area contributed by atoms with Crippen LogP contribution in [-0.2, 0) is 26.2 Å². The second-order valence-corrected chi connectivity index (χ2v) is 11.5. The zero-order chi connectivity index (χ0) is 27.9. The molecule has 0 spiro atoms. The van der Waals surface area contributed by atoms with Crippen LogP contribution in [0.25, 0.3) is 0 Å². The zero-order valence-corrected chi connectivity index (χ0v) is 24.3. The molecule has 0 bridgehead atoms. The minimum atomic E-state index is -4.13. The van der Waals surface area contributed by atoms with Gasteiger partial charge >= 0.3 is 0 Å². The van der Waals surface area contributed by atoms with Crippen molar-refractivity contribution in [3.63, 3.8) is 0 Å². The summed E-state index contributed by atoms with van der Waals surface area (Å²) >= 11 is 3.40. The first-order valence-corrected chi connectivity index (χ1v) is 14.4. The highest BCUT2D eigenvalue weighted by molar-refractivity contribution is 9.10. The van der Waals surface area contributed by atoms with E-state index in [0.29, 0.717) is 18.0 Å². The van der Waals surface area contributed by atoms with E-state index in [1.807, 2.05) is 38.1 Å². The van der Waals surface area contributed by atoms with Gasteiger partial charge < -0.3 is 15.0 Å². The van der Waals surface area contributed by atoms with Gasteiger partial charge in [0.1, 0.15) is 18.3 Å². The summed E-state index contributed by atoms with van der Waals surface area (Å²) < 4.78 is 35.1. The largest absolute Gasteiger partial charge is 0.494 e. The SMILES string of the molecule is CCOc1ccc(S(=O)(=O)N(CC(=O)N(Cc2ccc(Br)cc2)[C@@H](C)C(=O)NC)c2ccc(C)cc2)cc1. The fraction of sp³-hybridized carbons (Fsp3) is 0.286. The van der Waals surface area contributed by atoms with Gasteiger partial charge in [-0.3, -0.25) is 13.9 Å². The Labute approximate surface area is 232 Å². The molecule has 1 atom stereocenters. The number of benzene rings is 3. The predicted molar refractivity (Wildman–Crippen MR) is 152 cm³/mol. The summed E-state index contributed by atoms with van der Waals surface area (Å²) in [5, 5.41) is 2.57. The van der Waals surface area contributed by atoms with Gasteiger partial charge in [0.15, 0.2) is 0 Å². The second kappa shape index (κ2) is 12.9. The van der Waals surface area contributed by atoms with E-state index in [9.17, 15) is 18.0 Å². The molecular formula is C28H32BrN3O5S. The van der Waals surface area contributed by atoms with E-state index >= 15 is 0 Å². The number of carbonyl (C=O) groups excluding carboxylic acids is 2. The Bertz CT molecular complexity index is 1340. The molecule has 0 heterocycles. The molecule has 0 radical (unpaired) electrons. The number of likely N-dealkylation sites (N-methyl/N-ethyl adjacent to an activating group) is 1. The van der Waals surface area contributed by atoms with Crippen LogP contribution in [0.4, 0.5) is 5.69 Å². The minimum Gasteiger partial charge on any atom is -0.494 e. The highest BCUT2D eigenvalue weighted by Gasteiger charge is 2.32. The van der Waals surface area contributed by atoms with Gasteiger partial charge in [-0.1, -0.05) is 45.8 Å². The molecule has 38 heavy (non-hydrogen) atoms. The van der Waals surface area contributed by atoms with E-state index in [2.05, 4.69) is 21.2 Å². The van der Waals surface area contributed by atoms with Gasteiger partial charge in [-0.2, -0.15) is 0 Å². The third-order valence-corrected chi connectivity index (χ3v) is 8.32. The van der Waals surface area contributed by atoms with E-state index in [1.54, 1.807) is 43.3 Å². The van der Waals surface area contributed by atoms with Crippen molar-refractivity contribution >= 4 is 43.5 Å². The Hall–Kier alpha value is -3.37. The van der Waals surface area contributed by atoms with Crippen LogP contribution in [-0.4, -0.2) is 51.4 Å². The molecule has 3 aromatic carbocycles. The normalized spacial score (nSPS) is 11.9. The number of hydrogen-bond donors (Lipinski definition) is 1. The van der Waals surface area contributed by atoms with Gasteiger partial charge in [-0.15, -0.1) is 0 Å². The first kappa shape index (κ1) is 29.2. The van der Waals surface area contributed by atoms with Crippen LogP contribution in [0, 0.1) is 6.92 Å². The molecule has 0 aliphatic carbocycles. The van der Waals surface area contributed by atoms with Crippen molar-refractivity contribution in [3.05, 3.63) is 88.4 Å². The minimum absolute atomic E-state index is 0.0214. The molecule has 0 fully saturated rings. The van der Waals surface area contributed by atoms with Crippen molar-refractivity contribution in [2.24, 2.45) is 0 Å². The molecule has 10 heteroatoms. The fourth-order valence-corrected chi connectivity index (χ4v) is 5.50. The number of rotatable bonds is 11. The van der Waals surface area contributed by atoms with Gasteiger partial charge in [0.2, 0.25) is 11.8 Å². The molecule has 1 N–H and O–H groups in total. The molecule has 0 saturated heterocycles. The summed E-state index contributed by atoms with van der Waals surface area (Å²) in [7, 11) is -2.64. The smallest absolute Gasteiger partial charge is 0.264 e. The topological polar surface area (TPSA) is 96.0 Å². The molecule has 0 aromatic heterocycles. The van der Waals surface area contributed by atoms with Crippen molar-refractivity contribution in [3.8, 4) is 5.75 Å². The summed E-state index contributed by atoms with van der Waals surface area (Å²) in [5.41, 5.74) is 2.09. The van der Waals surface area contributed by atoms with Gasteiger partial charge in [-0.05, 0) is 74.9 Å². The Morgan fingerprint density at radius 2 is 1.58 bits per heavy atom. The molecule has 2 amide bonds. The average Bonchev–Trinajstić information content (AvgIpc) is 2.91. The van der Waals surface area contributed by atoms with Crippen molar-refractivity contribution < 1.29 is 22.7 Å². The highest BCUT2D eigenvalue weighted by Crippen LogP contribution is 2.26. The van der Waals surface area contributed by atoms with E-state index < -0.39 is 28.5 Å².